The molecule has 1 aromatic carbocycles. The van der Waals surface area contributed by atoms with Gasteiger partial charge in [-0.05, 0) is 25.2 Å². The summed E-state index contributed by atoms with van der Waals surface area (Å²) in [5.41, 5.74) is 0.725. The summed E-state index contributed by atoms with van der Waals surface area (Å²) < 4.78 is 14.2. The minimum absolute atomic E-state index is 0.144. The Balaban J connectivity index is 2.70. The summed E-state index contributed by atoms with van der Waals surface area (Å²) in [7, 11) is 1.97. The van der Waals surface area contributed by atoms with Crippen LogP contribution in [0.3, 0.4) is 0 Å². The summed E-state index contributed by atoms with van der Waals surface area (Å²) in [6, 6.07) is 5.02. The fourth-order valence-corrected chi connectivity index (χ4v) is 2.19. The molecule has 0 spiro atoms. The van der Waals surface area contributed by atoms with Crippen molar-refractivity contribution in [2.75, 3.05) is 18.9 Å². The fraction of sp³-hybridized carbons (Fsp3) is 0.400. The van der Waals surface area contributed by atoms with Crippen molar-refractivity contribution in [1.29, 1.82) is 0 Å². The van der Waals surface area contributed by atoms with Gasteiger partial charge in [0.2, 0.25) is 0 Å². The van der Waals surface area contributed by atoms with E-state index in [1.165, 1.54) is 6.07 Å². The van der Waals surface area contributed by atoms with E-state index in [0.29, 0.717) is 6.54 Å². The number of benzene rings is 1. The highest BCUT2D eigenvalue weighted by Gasteiger charge is 2.05. The molecule has 0 heterocycles. The Morgan fingerprint density at radius 1 is 1.43 bits per heavy atom. The van der Waals surface area contributed by atoms with Crippen LogP contribution in [0.1, 0.15) is 5.56 Å². The van der Waals surface area contributed by atoms with Gasteiger partial charge in [-0.2, -0.15) is 0 Å². The quantitative estimate of drug-likeness (QED) is 0.767. The van der Waals surface area contributed by atoms with Gasteiger partial charge in [-0.1, -0.05) is 31.9 Å². The van der Waals surface area contributed by atoms with Gasteiger partial charge in [0.1, 0.15) is 5.82 Å². The van der Waals surface area contributed by atoms with Crippen LogP contribution >= 0.6 is 31.9 Å². The topological polar surface area (TPSA) is 3.24 Å². The van der Waals surface area contributed by atoms with Crippen molar-refractivity contribution < 1.29 is 4.39 Å². The van der Waals surface area contributed by atoms with E-state index in [1.807, 2.05) is 13.1 Å². The van der Waals surface area contributed by atoms with Crippen LogP contribution < -0.4 is 0 Å². The minimum atomic E-state index is -0.144. The zero-order chi connectivity index (χ0) is 10.6. The van der Waals surface area contributed by atoms with Gasteiger partial charge >= 0.3 is 0 Å². The van der Waals surface area contributed by atoms with E-state index >= 15 is 0 Å². The van der Waals surface area contributed by atoms with Gasteiger partial charge in [0.05, 0.1) is 0 Å². The smallest absolute Gasteiger partial charge is 0.127 e. The van der Waals surface area contributed by atoms with Gasteiger partial charge in [-0.25, -0.2) is 4.39 Å². The molecule has 78 valence electrons. The molecule has 0 saturated heterocycles. The molecule has 0 unspecified atom stereocenters. The maximum Gasteiger partial charge on any atom is 0.127 e. The van der Waals surface area contributed by atoms with Crippen molar-refractivity contribution in [2.24, 2.45) is 0 Å². The molecule has 0 radical (unpaired) electrons. The standard InChI is InChI=1S/C10H12Br2FN/c1-14(5-4-11)7-8-6-9(12)2-3-10(8)13/h2-3,6H,4-5,7H2,1H3. The predicted molar refractivity (Wildman–Crippen MR) is 64.2 cm³/mol. The lowest BCUT2D eigenvalue weighted by atomic mass is 10.2. The number of rotatable bonds is 4. The molecular weight excluding hydrogens is 313 g/mol. The Morgan fingerprint density at radius 2 is 2.14 bits per heavy atom. The molecule has 0 fully saturated rings. The second kappa shape index (κ2) is 5.83. The first kappa shape index (κ1) is 12.1. The molecule has 0 aliphatic heterocycles. The van der Waals surface area contributed by atoms with Crippen LogP contribution in [0.2, 0.25) is 0 Å². The number of nitrogens with zero attached hydrogens (tertiary/aromatic N) is 1. The summed E-state index contributed by atoms with van der Waals surface area (Å²) in [6.45, 7) is 1.54. The Kier molecular flexibility index (Phi) is 5.06. The Morgan fingerprint density at radius 3 is 2.79 bits per heavy atom. The Hall–Kier alpha value is 0.0700. The molecule has 0 bridgehead atoms. The molecular formula is C10H12Br2FN. The summed E-state index contributed by atoms with van der Waals surface area (Å²) in [4.78, 5) is 2.07. The van der Waals surface area contributed by atoms with Gasteiger partial charge in [0.15, 0.2) is 0 Å². The summed E-state index contributed by atoms with van der Waals surface area (Å²) in [6.07, 6.45) is 0. The molecule has 0 atom stereocenters. The first-order chi connectivity index (χ1) is 6.63. The van der Waals surface area contributed by atoms with Crippen LogP contribution in [0.25, 0.3) is 0 Å². The van der Waals surface area contributed by atoms with E-state index in [1.54, 1.807) is 6.07 Å². The maximum absolute atomic E-state index is 13.3. The zero-order valence-corrected chi connectivity index (χ0v) is 11.1. The van der Waals surface area contributed by atoms with E-state index < -0.39 is 0 Å². The predicted octanol–water partition coefficient (Wildman–Crippen LogP) is 3.41. The molecule has 4 heteroatoms. The third-order valence-corrected chi connectivity index (χ3v) is 2.76. The van der Waals surface area contributed by atoms with Crippen molar-refractivity contribution in [3.63, 3.8) is 0 Å². The van der Waals surface area contributed by atoms with Crippen LogP contribution in [-0.2, 0) is 6.54 Å². The molecule has 1 nitrogen and oxygen atoms in total. The Bertz CT molecular complexity index is 304. The normalized spacial score (nSPS) is 10.9. The number of alkyl halides is 1. The molecule has 1 aromatic rings. The van der Waals surface area contributed by atoms with Crippen LogP contribution in [0.4, 0.5) is 4.39 Å². The minimum Gasteiger partial charge on any atom is -0.301 e. The highest BCUT2D eigenvalue weighted by molar-refractivity contribution is 9.10. The SMILES string of the molecule is CN(CCBr)Cc1cc(Br)ccc1F. The molecule has 14 heavy (non-hydrogen) atoms. The average Bonchev–Trinajstić information content (AvgIpc) is 2.12. The van der Waals surface area contributed by atoms with Gasteiger partial charge in [0.25, 0.3) is 0 Å². The number of hydrogen-bond donors (Lipinski definition) is 0. The molecule has 1 rings (SSSR count). The molecule has 0 N–H and O–H groups in total. The lowest BCUT2D eigenvalue weighted by Gasteiger charge is -2.15. The van der Waals surface area contributed by atoms with Crippen molar-refractivity contribution in [1.82, 2.24) is 4.90 Å². The monoisotopic (exact) mass is 323 g/mol. The highest BCUT2D eigenvalue weighted by Crippen LogP contribution is 2.16. The molecule has 0 amide bonds. The molecule has 0 aliphatic carbocycles. The fourth-order valence-electron chi connectivity index (χ4n) is 1.18. The summed E-state index contributed by atoms with van der Waals surface area (Å²) >= 11 is 6.68. The first-order valence-electron chi connectivity index (χ1n) is 4.32. The largest absolute Gasteiger partial charge is 0.301 e. The zero-order valence-electron chi connectivity index (χ0n) is 7.93. The second-order valence-corrected chi connectivity index (χ2v) is 4.87. The second-order valence-electron chi connectivity index (χ2n) is 3.16. The number of halogens is 3. The number of hydrogen-bond acceptors (Lipinski definition) is 1. The van der Waals surface area contributed by atoms with E-state index in [4.69, 9.17) is 0 Å². The van der Waals surface area contributed by atoms with Crippen LogP contribution in [-0.4, -0.2) is 23.8 Å². The summed E-state index contributed by atoms with van der Waals surface area (Å²) in [5, 5.41) is 0.902. The molecule has 0 aliphatic rings. The van der Waals surface area contributed by atoms with Crippen molar-refractivity contribution in [2.45, 2.75) is 6.54 Å². The van der Waals surface area contributed by atoms with Gasteiger partial charge in [-0.3, -0.25) is 0 Å². The molecule has 0 aromatic heterocycles. The van der Waals surface area contributed by atoms with E-state index in [-0.39, 0.29) is 5.82 Å². The first-order valence-corrected chi connectivity index (χ1v) is 6.23. The average molecular weight is 325 g/mol. The maximum atomic E-state index is 13.3. The molecule has 0 saturated carbocycles. The third-order valence-electron chi connectivity index (χ3n) is 1.91. The van der Waals surface area contributed by atoms with E-state index in [9.17, 15) is 4.39 Å². The lowest BCUT2D eigenvalue weighted by Crippen LogP contribution is -2.20. The Labute approximate surface area is 101 Å². The van der Waals surface area contributed by atoms with Gasteiger partial charge in [-0.15, -0.1) is 0 Å². The highest BCUT2D eigenvalue weighted by atomic mass is 79.9. The van der Waals surface area contributed by atoms with Crippen molar-refractivity contribution in [3.8, 4) is 0 Å². The van der Waals surface area contributed by atoms with Crippen LogP contribution in [0.5, 0.6) is 0 Å². The van der Waals surface area contributed by atoms with Crippen LogP contribution in [0, 0.1) is 5.82 Å². The van der Waals surface area contributed by atoms with E-state index in [0.717, 1.165) is 21.9 Å². The third kappa shape index (κ3) is 3.67. The van der Waals surface area contributed by atoms with Gasteiger partial charge in [0, 0.05) is 28.5 Å². The van der Waals surface area contributed by atoms with Crippen LogP contribution in [0.15, 0.2) is 22.7 Å². The van der Waals surface area contributed by atoms with E-state index in [2.05, 4.69) is 36.8 Å². The van der Waals surface area contributed by atoms with Crippen molar-refractivity contribution in [3.05, 3.63) is 34.1 Å². The lowest BCUT2D eigenvalue weighted by molar-refractivity contribution is 0.343. The van der Waals surface area contributed by atoms with Crippen molar-refractivity contribution >= 4 is 31.9 Å². The van der Waals surface area contributed by atoms with Gasteiger partial charge < -0.3 is 4.90 Å². The summed E-state index contributed by atoms with van der Waals surface area (Å²) in [5.74, 6) is -0.144.